The first-order chi connectivity index (χ1) is 20.8. The summed E-state index contributed by atoms with van der Waals surface area (Å²) in [6.45, 7) is 6.55. The molecule has 5 rings (SSSR count). The lowest BCUT2D eigenvalue weighted by molar-refractivity contribution is -0.173. The highest BCUT2D eigenvalue weighted by atomic mass is 19.4. The predicted octanol–water partition coefficient (Wildman–Crippen LogP) is 5.32. The van der Waals surface area contributed by atoms with Crippen LogP contribution in [0.3, 0.4) is 0 Å². The third-order valence-electron chi connectivity index (χ3n) is 7.49. The minimum absolute atomic E-state index is 0.128. The van der Waals surface area contributed by atoms with Crippen LogP contribution >= 0.6 is 0 Å². The number of rotatable bonds is 5. The van der Waals surface area contributed by atoms with Crippen molar-refractivity contribution < 1.29 is 37.0 Å². The zero-order valence-electron chi connectivity index (χ0n) is 25.1. The van der Waals surface area contributed by atoms with Crippen molar-refractivity contribution in [3.63, 3.8) is 0 Å². The summed E-state index contributed by atoms with van der Waals surface area (Å²) in [6, 6.07) is 7.11. The molecule has 0 saturated carbocycles. The number of pyridine rings is 1. The van der Waals surface area contributed by atoms with Crippen molar-refractivity contribution in [2.45, 2.75) is 51.1 Å². The molecule has 44 heavy (non-hydrogen) atoms. The van der Waals surface area contributed by atoms with Crippen molar-refractivity contribution in [3.05, 3.63) is 53.9 Å². The van der Waals surface area contributed by atoms with E-state index >= 15 is 0 Å². The number of halogens is 3. The largest absolute Gasteiger partial charge is 0.493 e. The van der Waals surface area contributed by atoms with E-state index in [0.29, 0.717) is 35.7 Å². The quantitative estimate of drug-likeness (QED) is 0.411. The number of amides is 2. The molecule has 0 spiro atoms. The lowest BCUT2D eigenvalue weighted by Gasteiger charge is -2.35. The number of fused-ring (bicyclic) bond motifs is 1. The first-order valence-electron chi connectivity index (χ1n) is 14.2. The van der Waals surface area contributed by atoms with Gasteiger partial charge in [-0.05, 0) is 50.6 Å². The molecule has 2 atom stereocenters. The van der Waals surface area contributed by atoms with Crippen LogP contribution in [0.1, 0.15) is 55.3 Å². The second kappa shape index (κ2) is 11.9. The molecule has 2 aliphatic rings. The summed E-state index contributed by atoms with van der Waals surface area (Å²) in [5.74, 6) is 0.728. The number of hydrogen-bond donors (Lipinski definition) is 1. The maximum absolute atomic E-state index is 14.3. The normalized spacial score (nSPS) is 18.7. The van der Waals surface area contributed by atoms with Crippen LogP contribution in [0.25, 0.3) is 11.3 Å². The number of carbonyl (C=O) groups excluding carboxylic acids is 2. The van der Waals surface area contributed by atoms with E-state index < -0.39 is 30.0 Å². The number of alkyl halides is 3. The van der Waals surface area contributed by atoms with Gasteiger partial charge >= 0.3 is 12.3 Å². The Kier molecular flexibility index (Phi) is 8.36. The second-order valence-electron chi connectivity index (χ2n) is 11.7. The fourth-order valence-corrected chi connectivity index (χ4v) is 5.29. The molecule has 11 nitrogen and oxygen atoms in total. The highest BCUT2D eigenvalue weighted by Gasteiger charge is 2.46. The van der Waals surface area contributed by atoms with E-state index in [1.807, 2.05) is 0 Å². The molecule has 2 aliphatic heterocycles. The molecule has 0 aliphatic carbocycles. The molecular formula is C30H35F3N6O5. The van der Waals surface area contributed by atoms with Crippen LogP contribution in [0.5, 0.6) is 11.5 Å². The summed E-state index contributed by atoms with van der Waals surface area (Å²) in [5, 5.41) is 7.49. The number of anilines is 1. The summed E-state index contributed by atoms with van der Waals surface area (Å²) in [5.41, 5.74) is 0.821. The topological polar surface area (TPSA) is 111 Å². The Hall–Kier alpha value is -4.49. The van der Waals surface area contributed by atoms with Crippen LogP contribution in [0.2, 0.25) is 0 Å². The van der Waals surface area contributed by atoms with E-state index in [4.69, 9.17) is 14.2 Å². The number of nitrogens with zero attached hydrogens (tertiary/aromatic N) is 5. The van der Waals surface area contributed by atoms with Crippen molar-refractivity contribution in [1.82, 2.24) is 24.6 Å². The minimum atomic E-state index is -4.56. The highest BCUT2D eigenvalue weighted by Crippen LogP contribution is 2.45. The van der Waals surface area contributed by atoms with Crippen LogP contribution in [-0.4, -0.2) is 88.7 Å². The van der Waals surface area contributed by atoms with Gasteiger partial charge in [0, 0.05) is 50.4 Å². The third kappa shape index (κ3) is 6.53. The lowest BCUT2D eigenvalue weighted by atomic mass is 9.96. The molecule has 236 valence electrons. The van der Waals surface area contributed by atoms with Crippen LogP contribution in [0.4, 0.5) is 23.8 Å². The summed E-state index contributed by atoms with van der Waals surface area (Å²) in [7, 11) is 2.95. The molecule has 0 radical (unpaired) electrons. The maximum atomic E-state index is 14.3. The number of nitrogens with one attached hydrogen (secondary N) is 1. The van der Waals surface area contributed by atoms with Gasteiger partial charge in [0.25, 0.3) is 5.91 Å². The molecule has 2 amide bonds. The van der Waals surface area contributed by atoms with Gasteiger partial charge in [0.2, 0.25) is 0 Å². The SMILES string of the molecule is COc1ccc(C2CC(C(F)(F)F)n3nc(-c4ccnc(C(=O)N5CCN(C(=O)OC(C)(C)C)CC5)c4)cc3N2)cc1OC. The molecule has 4 heterocycles. The van der Waals surface area contributed by atoms with Crippen LogP contribution in [0.15, 0.2) is 42.6 Å². The molecule has 1 fully saturated rings. The fraction of sp³-hybridized carbons (Fsp3) is 0.467. The number of methoxy groups -OCH3 is 2. The number of carbonyl (C=O) groups is 2. The first kappa shape index (κ1) is 31.0. The van der Waals surface area contributed by atoms with Crippen LogP contribution < -0.4 is 14.8 Å². The van der Waals surface area contributed by atoms with E-state index in [9.17, 15) is 22.8 Å². The number of aromatic nitrogens is 3. The van der Waals surface area contributed by atoms with E-state index in [1.165, 1.54) is 32.5 Å². The van der Waals surface area contributed by atoms with Crippen molar-refractivity contribution in [1.29, 1.82) is 0 Å². The average molecular weight is 617 g/mol. The Morgan fingerprint density at radius 1 is 0.932 bits per heavy atom. The van der Waals surface area contributed by atoms with E-state index in [0.717, 1.165) is 4.68 Å². The molecular weight excluding hydrogens is 581 g/mol. The standard InChI is InChI=1S/C30H35F3N6O5/c1-29(2,3)44-28(41)38-12-10-37(11-13-38)27(40)22-14-19(8-9-34-22)21-17-26-35-20(16-25(30(31,32)33)39(26)36-21)18-6-7-23(42-4)24(15-18)43-5/h6-9,14-15,17,20,25,35H,10-13,16H2,1-5H3. The third-order valence-corrected chi connectivity index (χ3v) is 7.49. The monoisotopic (exact) mass is 616 g/mol. The van der Waals surface area contributed by atoms with Crippen LogP contribution in [-0.2, 0) is 4.74 Å². The number of benzene rings is 1. The molecule has 14 heteroatoms. The fourth-order valence-electron chi connectivity index (χ4n) is 5.29. The second-order valence-corrected chi connectivity index (χ2v) is 11.7. The van der Waals surface area contributed by atoms with Gasteiger partial charge in [0.05, 0.1) is 26.0 Å². The van der Waals surface area contributed by atoms with Gasteiger partial charge in [0.15, 0.2) is 17.5 Å². The summed E-state index contributed by atoms with van der Waals surface area (Å²) >= 11 is 0. The van der Waals surface area contributed by atoms with Crippen LogP contribution in [0, 0.1) is 0 Å². The van der Waals surface area contributed by atoms with Gasteiger partial charge in [-0.1, -0.05) is 6.07 Å². The van der Waals surface area contributed by atoms with E-state index in [2.05, 4.69) is 15.4 Å². The molecule has 1 N–H and O–H groups in total. The number of hydrogen-bond acceptors (Lipinski definition) is 8. The van der Waals surface area contributed by atoms with Crippen molar-refractivity contribution in [2.24, 2.45) is 0 Å². The molecule has 0 bridgehead atoms. The Balaban J connectivity index is 1.35. The lowest BCUT2D eigenvalue weighted by Crippen LogP contribution is -2.51. The van der Waals surface area contributed by atoms with Crippen molar-refractivity contribution in [2.75, 3.05) is 45.7 Å². The summed E-state index contributed by atoms with van der Waals surface area (Å²) in [4.78, 5) is 33.0. The highest BCUT2D eigenvalue weighted by molar-refractivity contribution is 5.93. The van der Waals surface area contributed by atoms with Gasteiger partial charge in [-0.3, -0.25) is 9.78 Å². The Bertz CT molecular complexity index is 1530. The zero-order valence-corrected chi connectivity index (χ0v) is 25.1. The Morgan fingerprint density at radius 2 is 1.61 bits per heavy atom. The van der Waals surface area contributed by atoms with Gasteiger partial charge in [-0.2, -0.15) is 18.3 Å². The van der Waals surface area contributed by atoms with Gasteiger partial charge in [0.1, 0.15) is 17.1 Å². The first-order valence-corrected chi connectivity index (χ1v) is 14.2. The Morgan fingerprint density at radius 3 is 2.25 bits per heavy atom. The zero-order chi connectivity index (χ0) is 31.8. The van der Waals surface area contributed by atoms with Gasteiger partial charge < -0.3 is 29.3 Å². The van der Waals surface area contributed by atoms with Crippen molar-refractivity contribution >= 4 is 17.8 Å². The molecule has 3 aromatic rings. The summed E-state index contributed by atoms with van der Waals surface area (Å²) < 4.78 is 59.9. The minimum Gasteiger partial charge on any atom is -0.493 e. The number of piperazine rings is 1. The smallest absolute Gasteiger partial charge is 0.410 e. The Labute approximate surface area is 252 Å². The summed E-state index contributed by atoms with van der Waals surface area (Å²) in [6.07, 6.45) is -3.86. The van der Waals surface area contributed by atoms with Gasteiger partial charge in [-0.25, -0.2) is 9.48 Å². The molecule has 1 saturated heterocycles. The maximum Gasteiger partial charge on any atom is 0.410 e. The van der Waals surface area contributed by atoms with Gasteiger partial charge in [-0.15, -0.1) is 0 Å². The molecule has 1 aromatic carbocycles. The van der Waals surface area contributed by atoms with Crippen molar-refractivity contribution in [3.8, 4) is 22.8 Å². The van der Waals surface area contributed by atoms with E-state index in [1.54, 1.807) is 54.8 Å². The predicted molar refractivity (Wildman–Crippen MR) is 155 cm³/mol. The van der Waals surface area contributed by atoms with E-state index in [-0.39, 0.29) is 42.6 Å². The molecule has 2 unspecified atom stereocenters. The molecule has 2 aromatic heterocycles. The average Bonchev–Trinajstić information content (AvgIpc) is 3.43. The number of ether oxygens (including phenoxy) is 3.